The van der Waals surface area contributed by atoms with Gasteiger partial charge in [-0.3, -0.25) is 9.78 Å². The van der Waals surface area contributed by atoms with Crippen molar-refractivity contribution in [2.45, 2.75) is 6.04 Å². The van der Waals surface area contributed by atoms with Crippen LogP contribution in [0.1, 0.15) is 9.67 Å². The Labute approximate surface area is 182 Å². The number of benzene rings is 2. The number of aliphatic hydroxyl groups excluding tert-OH is 1. The standard InChI is InChI=1S/C23H19N3O4S/c27-13-19(23(29)30)26-22(28)20-10-17-18(11-24-12-21(17)31-20)25-16-8-6-15(7-9-16)14-4-2-1-3-5-14/h1-12,19,25,27H,13H2,(H,26,28)(H,29,30)/t19-/m1/s1. The molecular formula is C23H19N3O4S. The van der Waals surface area contributed by atoms with Gasteiger partial charge in [0.05, 0.1) is 28.1 Å². The molecule has 156 valence electrons. The Kier molecular flexibility index (Phi) is 5.92. The van der Waals surface area contributed by atoms with E-state index in [4.69, 9.17) is 10.2 Å². The Bertz CT molecular complexity index is 1220. The van der Waals surface area contributed by atoms with Crippen LogP contribution in [-0.4, -0.2) is 39.7 Å². The largest absolute Gasteiger partial charge is 0.480 e. The zero-order chi connectivity index (χ0) is 21.8. The van der Waals surface area contributed by atoms with Crippen molar-refractivity contribution in [3.8, 4) is 11.1 Å². The van der Waals surface area contributed by atoms with E-state index in [1.807, 2.05) is 42.5 Å². The zero-order valence-electron chi connectivity index (χ0n) is 16.3. The molecule has 0 bridgehead atoms. The van der Waals surface area contributed by atoms with E-state index in [-0.39, 0.29) is 0 Å². The van der Waals surface area contributed by atoms with E-state index >= 15 is 0 Å². The number of carbonyl (C=O) groups is 2. The maximum atomic E-state index is 12.4. The fourth-order valence-corrected chi connectivity index (χ4v) is 4.08. The summed E-state index contributed by atoms with van der Waals surface area (Å²) in [6, 6.07) is 18.4. The van der Waals surface area contributed by atoms with E-state index in [2.05, 4.69) is 27.8 Å². The van der Waals surface area contributed by atoms with Gasteiger partial charge < -0.3 is 20.8 Å². The molecule has 7 nitrogen and oxygen atoms in total. The SMILES string of the molecule is O=C(N[C@H](CO)C(=O)O)c1cc2c(Nc3ccc(-c4ccccc4)cc3)cncc2s1. The summed E-state index contributed by atoms with van der Waals surface area (Å²) < 4.78 is 0.784. The minimum absolute atomic E-state index is 0.338. The van der Waals surface area contributed by atoms with Gasteiger partial charge in [0.2, 0.25) is 0 Å². The van der Waals surface area contributed by atoms with Gasteiger partial charge in [0.1, 0.15) is 0 Å². The molecule has 2 aromatic heterocycles. The van der Waals surface area contributed by atoms with Gasteiger partial charge in [-0.15, -0.1) is 11.3 Å². The van der Waals surface area contributed by atoms with Crippen LogP contribution in [-0.2, 0) is 4.79 Å². The third-order valence-electron chi connectivity index (χ3n) is 4.73. The quantitative estimate of drug-likeness (QED) is 0.352. The lowest BCUT2D eigenvalue weighted by Crippen LogP contribution is -2.43. The van der Waals surface area contributed by atoms with Crippen LogP contribution in [0.2, 0.25) is 0 Å². The van der Waals surface area contributed by atoms with Crippen molar-refractivity contribution in [2.75, 3.05) is 11.9 Å². The van der Waals surface area contributed by atoms with Crippen LogP contribution in [0.3, 0.4) is 0 Å². The highest BCUT2D eigenvalue weighted by Crippen LogP contribution is 2.32. The van der Waals surface area contributed by atoms with E-state index in [1.165, 1.54) is 11.3 Å². The van der Waals surface area contributed by atoms with Crippen LogP contribution < -0.4 is 10.6 Å². The van der Waals surface area contributed by atoms with Crippen molar-refractivity contribution in [2.24, 2.45) is 0 Å². The van der Waals surface area contributed by atoms with Crippen molar-refractivity contribution in [1.82, 2.24) is 10.3 Å². The van der Waals surface area contributed by atoms with Gasteiger partial charge >= 0.3 is 5.97 Å². The number of aromatic nitrogens is 1. The fraction of sp³-hybridized carbons (Fsp3) is 0.0870. The lowest BCUT2D eigenvalue weighted by molar-refractivity contribution is -0.140. The van der Waals surface area contributed by atoms with Crippen LogP contribution in [0.4, 0.5) is 11.4 Å². The summed E-state index contributed by atoms with van der Waals surface area (Å²) in [6.45, 7) is -0.681. The van der Waals surface area contributed by atoms with E-state index < -0.39 is 24.5 Å². The predicted octanol–water partition coefficient (Wildman–Crippen LogP) is 3.88. The Hall–Kier alpha value is -3.75. The molecule has 0 spiro atoms. The van der Waals surface area contributed by atoms with Crippen molar-refractivity contribution >= 4 is 44.7 Å². The average Bonchev–Trinajstić information content (AvgIpc) is 3.24. The first kappa shape index (κ1) is 20.5. The van der Waals surface area contributed by atoms with Crippen LogP contribution >= 0.6 is 11.3 Å². The second-order valence-electron chi connectivity index (χ2n) is 6.82. The highest BCUT2D eigenvalue weighted by molar-refractivity contribution is 7.20. The smallest absolute Gasteiger partial charge is 0.328 e. The second-order valence-corrected chi connectivity index (χ2v) is 7.91. The molecule has 4 N–H and O–H groups in total. The summed E-state index contributed by atoms with van der Waals surface area (Å²) >= 11 is 1.20. The molecular weight excluding hydrogens is 414 g/mol. The first-order valence-corrected chi connectivity index (χ1v) is 10.3. The number of anilines is 2. The molecule has 0 radical (unpaired) electrons. The molecule has 0 saturated carbocycles. The Morgan fingerprint density at radius 2 is 1.71 bits per heavy atom. The van der Waals surface area contributed by atoms with Crippen molar-refractivity contribution < 1.29 is 19.8 Å². The molecule has 0 aliphatic rings. The summed E-state index contributed by atoms with van der Waals surface area (Å²) in [5, 5.41) is 24.6. The number of carboxylic acid groups (broad SMARTS) is 1. The van der Waals surface area contributed by atoms with E-state index in [1.54, 1.807) is 18.5 Å². The van der Waals surface area contributed by atoms with Crippen LogP contribution in [0, 0.1) is 0 Å². The Morgan fingerprint density at radius 3 is 2.39 bits per heavy atom. The van der Waals surface area contributed by atoms with Crippen molar-refractivity contribution in [1.29, 1.82) is 0 Å². The maximum Gasteiger partial charge on any atom is 0.328 e. The number of amides is 1. The summed E-state index contributed by atoms with van der Waals surface area (Å²) in [6.07, 6.45) is 3.33. The third-order valence-corrected chi connectivity index (χ3v) is 5.80. The van der Waals surface area contributed by atoms with Gasteiger partial charge in [-0.05, 0) is 29.3 Å². The maximum absolute atomic E-state index is 12.4. The molecule has 0 aliphatic carbocycles. The number of hydrogen-bond donors (Lipinski definition) is 4. The number of pyridine rings is 1. The van der Waals surface area contributed by atoms with E-state index in [9.17, 15) is 9.59 Å². The van der Waals surface area contributed by atoms with Gasteiger partial charge in [-0.25, -0.2) is 4.79 Å². The highest BCUT2D eigenvalue weighted by Gasteiger charge is 2.21. The molecule has 0 saturated heterocycles. The molecule has 31 heavy (non-hydrogen) atoms. The topological polar surface area (TPSA) is 112 Å². The minimum Gasteiger partial charge on any atom is -0.480 e. The number of hydrogen-bond acceptors (Lipinski definition) is 6. The first-order chi connectivity index (χ1) is 15.0. The molecule has 2 heterocycles. The normalized spacial score (nSPS) is 11.8. The van der Waals surface area contributed by atoms with Crippen LogP contribution in [0.5, 0.6) is 0 Å². The molecule has 0 unspecified atom stereocenters. The van der Waals surface area contributed by atoms with Crippen LogP contribution in [0.15, 0.2) is 73.1 Å². The Morgan fingerprint density at radius 1 is 1.00 bits per heavy atom. The fourth-order valence-electron chi connectivity index (χ4n) is 3.12. The number of fused-ring (bicyclic) bond motifs is 1. The minimum atomic E-state index is -1.35. The second kappa shape index (κ2) is 8.95. The molecule has 0 aliphatic heterocycles. The lowest BCUT2D eigenvalue weighted by Gasteiger charge is -2.10. The van der Waals surface area contributed by atoms with Gasteiger partial charge in [0.15, 0.2) is 6.04 Å². The summed E-state index contributed by atoms with van der Waals surface area (Å²) in [5.74, 6) is -1.85. The Balaban J connectivity index is 1.56. The highest BCUT2D eigenvalue weighted by atomic mass is 32.1. The molecule has 4 aromatic rings. The zero-order valence-corrected chi connectivity index (χ0v) is 17.1. The van der Waals surface area contributed by atoms with Crippen molar-refractivity contribution in [3.63, 3.8) is 0 Å². The molecule has 8 heteroatoms. The van der Waals surface area contributed by atoms with E-state index in [0.717, 1.165) is 32.6 Å². The summed E-state index contributed by atoms with van der Waals surface area (Å²) in [5.41, 5.74) is 3.84. The van der Waals surface area contributed by atoms with E-state index in [0.29, 0.717) is 4.88 Å². The van der Waals surface area contributed by atoms with Gasteiger partial charge in [-0.1, -0.05) is 42.5 Å². The molecule has 1 atom stereocenters. The average molecular weight is 433 g/mol. The molecule has 2 aromatic carbocycles. The van der Waals surface area contributed by atoms with Gasteiger partial charge in [-0.2, -0.15) is 0 Å². The number of rotatable bonds is 7. The van der Waals surface area contributed by atoms with Gasteiger partial charge in [0, 0.05) is 17.3 Å². The number of aliphatic carboxylic acids is 1. The molecule has 0 fully saturated rings. The molecule has 1 amide bonds. The summed E-state index contributed by atoms with van der Waals surface area (Å²) in [4.78, 5) is 28.0. The number of thiophene rings is 1. The predicted molar refractivity (Wildman–Crippen MR) is 121 cm³/mol. The van der Waals surface area contributed by atoms with Crippen molar-refractivity contribution in [3.05, 3.63) is 77.9 Å². The number of nitrogens with zero attached hydrogens (tertiary/aromatic N) is 1. The summed E-state index contributed by atoms with van der Waals surface area (Å²) in [7, 11) is 0. The third kappa shape index (κ3) is 4.55. The monoisotopic (exact) mass is 433 g/mol. The number of aliphatic hydroxyl groups is 1. The van der Waals surface area contributed by atoms with Crippen LogP contribution in [0.25, 0.3) is 21.2 Å². The number of carboxylic acids is 1. The number of nitrogens with one attached hydrogen (secondary N) is 2. The first-order valence-electron chi connectivity index (χ1n) is 9.50. The molecule has 4 rings (SSSR count). The number of carbonyl (C=O) groups excluding carboxylic acids is 1. The lowest BCUT2D eigenvalue weighted by atomic mass is 10.1. The van der Waals surface area contributed by atoms with Gasteiger partial charge in [0.25, 0.3) is 5.91 Å².